The third kappa shape index (κ3) is 7.27. The molecule has 0 saturated carbocycles. The molecule has 2 atom stereocenters. The second-order valence-corrected chi connectivity index (χ2v) is 11.9. The van der Waals surface area contributed by atoms with Gasteiger partial charge in [0.1, 0.15) is 5.75 Å². The van der Waals surface area contributed by atoms with Gasteiger partial charge in [-0.1, -0.05) is 53.5 Å². The van der Waals surface area contributed by atoms with Crippen molar-refractivity contribution in [3.8, 4) is 5.75 Å². The normalized spacial score (nSPS) is 22.1. The standard InChI is InChI=1S/C32H34Cl2F3N5O4/c1-3-46-26-18-22(32(35,36)37)8-13-25(26)31(30(44)42-16-14-41(15-17-42)19-27(43)40-45-2)38-28(20-4-9-23(33)10-5-20)29(39-31)21-6-11-24(34)12-7-21/h4-13,18,28-29,38-39H,3,14-17,19H2,1-2H3,(H,40,43). The number of ether oxygens (including phenoxy) is 1. The molecule has 2 aliphatic heterocycles. The summed E-state index contributed by atoms with van der Waals surface area (Å²) in [6.07, 6.45) is -4.62. The van der Waals surface area contributed by atoms with Gasteiger partial charge in [0.25, 0.3) is 11.8 Å². The van der Waals surface area contributed by atoms with Gasteiger partial charge in [0.05, 0.1) is 37.9 Å². The predicted octanol–water partition coefficient (Wildman–Crippen LogP) is 5.06. The van der Waals surface area contributed by atoms with E-state index in [9.17, 15) is 22.8 Å². The number of amides is 2. The maximum absolute atomic E-state index is 14.8. The smallest absolute Gasteiger partial charge is 0.416 e. The van der Waals surface area contributed by atoms with Crippen LogP contribution in [0.4, 0.5) is 13.2 Å². The number of alkyl halides is 3. The fourth-order valence-electron chi connectivity index (χ4n) is 5.94. The fourth-order valence-corrected chi connectivity index (χ4v) is 6.19. The van der Waals surface area contributed by atoms with Crippen molar-refractivity contribution in [3.63, 3.8) is 0 Å². The molecule has 0 spiro atoms. The van der Waals surface area contributed by atoms with Crippen LogP contribution in [0.3, 0.4) is 0 Å². The van der Waals surface area contributed by atoms with E-state index in [-0.39, 0.29) is 43.5 Å². The van der Waals surface area contributed by atoms with Crippen LogP contribution in [0.5, 0.6) is 5.75 Å². The highest BCUT2D eigenvalue weighted by molar-refractivity contribution is 6.30. The second-order valence-electron chi connectivity index (χ2n) is 11.0. The van der Waals surface area contributed by atoms with Gasteiger partial charge < -0.3 is 9.64 Å². The summed E-state index contributed by atoms with van der Waals surface area (Å²) >= 11 is 12.4. The number of piperazine rings is 1. The first-order valence-corrected chi connectivity index (χ1v) is 15.4. The number of hydrogen-bond acceptors (Lipinski definition) is 7. The van der Waals surface area contributed by atoms with E-state index in [4.69, 9.17) is 32.8 Å². The highest BCUT2D eigenvalue weighted by Gasteiger charge is 2.55. The molecule has 0 aliphatic carbocycles. The monoisotopic (exact) mass is 679 g/mol. The average Bonchev–Trinajstić information content (AvgIpc) is 3.43. The fraction of sp³-hybridized carbons (Fsp3) is 0.375. The van der Waals surface area contributed by atoms with Crippen molar-refractivity contribution in [2.45, 2.75) is 30.8 Å². The van der Waals surface area contributed by atoms with E-state index < -0.39 is 35.4 Å². The Morgan fingerprint density at radius 2 is 1.46 bits per heavy atom. The summed E-state index contributed by atoms with van der Waals surface area (Å²) in [6, 6.07) is 16.4. The number of rotatable bonds is 9. The molecule has 3 N–H and O–H groups in total. The Morgan fingerprint density at radius 3 is 1.93 bits per heavy atom. The SMILES string of the molecule is CCOc1cc(C(F)(F)F)ccc1C1(C(=O)N2CCN(CC(=O)NOC)CC2)NC(c2ccc(Cl)cc2)C(c2ccc(Cl)cc2)N1. The summed E-state index contributed by atoms with van der Waals surface area (Å²) in [6.45, 7) is 3.15. The second kappa shape index (κ2) is 14.2. The van der Waals surface area contributed by atoms with Gasteiger partial charge in [0.2, 0.25) is 0 Å². The predicted molar refractivity (Wildman–Crippen MR) is 167 cm³/mol. The lowest BCUT2D eigenvalue weighted by Gasteiger charge is -2.40. The highest BCUT2D eigenvalue weighted by atomic mass is 35.5. The van der Waals surface area contributed by atoms with Crippen LogP contribution in [0.15, 0.2) is 66.7 Å². The zero-order chi connectivity index (χ0) is 33.1. The average molecular weight is 681 g/mol. The number of carbonyl (C=O) groups excluding carboxylic acids is 2. The maximum Gasteiger partial charge on any atom is 0.416 e. The molecular formula is C32H34Cl2F3N5O4. The van der Waals surface area contributed by atoms with E-state index in [1.807, 2.05) is 29.2 Å². The molecule has 0 bridgehead atoms. The zero-order valence-corrected chi connectivity index (χ0v) is 26.7. The van der Waals surface area contributed by atoms with Crippen LogP contribution in [-0.4, -0.2) is 68.1 Å². The minimum atomic E-state index is -4.62. The highest BCUT2D eigenvalue weighted by Crippen LogP contribution is 2.46. The first-order chi connectivity index (χ1) is 21.9. The molecule has 14 heteroatoms. The van der Waals surface area contributed by atoms with Crippen LogP contribution in [0.25, 0.3) is 0 Å². The number of carbonyl (C=O) groups is 2. The number of nitrogens with zero attached hydrogens (tertiary/aromatic N) is 2. The third-order valence-electron chi connectivity index (χ3n) is 8.11. The first-order valence-electron chi connectivity index (χ1n) is 14.7. The molecule has 46 heavy (non-hydrogen) atoms. The number of nitrogens with one attached hydrogen (secondary N) is 3. The molecule has 2 unspecified atom stereocenters. The van der Waals surface area contributed by atoms with Gasteiger partial charge in [0, 0.05) is 41.8 Å². The van der Waals surface area contributed by atoms with Crippen molar-refractivity contribution in [3.05, 3.63) is 99.0 Å². The largest absolute Gasteiger partial charge is 0.493 e. The van der Waals surface area contributed by atoms with Crippen LogP contribution in [0, 0.1) is 0 Å². The Bertz CT molecular complexity index is 1480. The van der Waals surface area contributed by atoms with Gasteiger partial charge in [0.15, 0.2) is 5.66 Å². The molecule has 2 saturated heterocycles. The number of benzene rings is 3. The Balaban J connectivity index is 1.60. The van der Waals surface area contributed by atoms with E-state index in [1.54, 1.807) is 36.1 Å². The van der Waals surface area contributed by atoms with E-state index >= 15 is 0 Å². The Morgan fingerprint density at radius 1 is 0.913 bits per heavy atom. The summed E-state index contributed by atoms with van der Waals surface area (Å²) in [7, 11) is 1.35. The van der Waals surface area contributed by atoms with E-state index in [0.29, 0.717) is 23.1 Å². The molecular weight excluding hydrogens is 646 g/mol. The molecule has 246 valence electrons. The van der Waals surface area contributed by atoms with Crippen molar-refractivity contribution >= 4 is 35.0 Å². The molecule has 0 radical (unpaired) electrons. The molecule has 5 rings (SSSR count). The minimum absolute atomic E-state index is 0.0714. The molecule has 3 aromatic rings. The molecule has 2 heterocycles. The third-order valence-corrected chi connectivity index (χ3v) is 8.62. The van der Waals surface area contributed by atoms with E-state index in [1.165, 1.54) is 13.2 Å². The van der Waals surface area contributed by atoms with Crippen LogP contribution < -0.4 is 20.9 Å². The molecule has 2 amide bonds. The van der Waals surface area contributed by atoms with Crippen molar-refractivity contribution in [1.82, 2.24) is 25.9 Å². The first kappa shape index (κ1) is 34.0. The van der Waals surface area contributed by atoms with Gasteiger partial charge in [-0.2, -0.15) is 13.2 Å². The number of hydroxylamine groups is 1. The van der Waals surface area contributed by atoms with Crippen molar-refractivity contribution in [2.75, 3.05) is 46.4 Å². The minimum Gasteiger partial charge on any atom is -0.493 e. The summed E-state index contributed by atoms with van der Waals surface area (Å²) in [4.78, 5) is 35.1. The van der Waals surface area contributed by atoms with Gasteiger partial charge in [-0.05, 0) is 54.4 Å². The van der Waals surface area contributed by atoms with Crippen LogP contribution in [0.2, 0.25) is 10.0 Å². The molecule has 2 fully saturated rings. The lowest BCUT2D eigenvalue weighted by molar-refractivity contribution is -0.142. The van der Waals surface area contributed by atoms with Crippen LogP contribution in [-0.2, 0) is 26.3 Å². The van der Waals surface area contributed by atoms with Gasteiger partial charge in [-0.3, -0.25) is 30.0 Å². The van der Waals surface area contributed by atoms with Gasteiger partial charge >= 0.3 is 6.18 Å². The number of halogens is 5. The quantitative estimate of drug-likeness (QED) is 0.272. The Kier molecular flexibility index (Phi) is 10.5. The summed E-state index contributed by atoms with van der Waals surface area (Å²) < 4.78 is 47.3. The Labute approximate surface area is 274 Å². The molecule has 3 aromatic carbocycles. The van der Waals surface area contributed by atoms with Crippen molar-refractivity contribution in [2.24, 2.45) is 0 Å². The van der Waals surface area contributed by atoms with Gasteiger partial charge in [-0.25, -0.2) is 5.48 Å². The van der Waals surface area contributed by atoms with Crippen molar-refractivity contribution in [1.29, 1.82) is 0 Å². The summed E-state index contributed by atoms with van der Waals surface area (Å²) in [5.41, 5.74) is 1.49. The summed E-state index contributed by atoms with van der Waals surface area (Å²) in [5.74, 6) is -0.794. The van der Waals surface area contributed by atoms with Crippen LogP contribution >= 0.6 is 23.2 Å². The maximum atomic E-state index is 14.8. The molecule has 2 aliphatic rings. The topological polar surface area (TPSA) is 95.2 Å². The summed E-state index contributed by atoms with van der Waals surface area (Å²) in [5, 5.41) is 8.05. The van der Waals surface area contributed by atoms with E-state index in [2.05, 4.69) is 16.1 Å². The number of hydrogen-bond donors (Lipinski definition) is 3. The lowest BCUT2D eigenvalue weighted by Crippen LogP contribution is -2.62. The lowest BCUT2D eigenvalue weighted by atomic mass is 9.94. The van der Waals surface area contributed by atoms with Crippen LogP contribution in [0.1, 0.15) is 41.3 Å². The molecule has 9 nitrogen and oxygen atoms in total. The zero-order valence-electron chi connectivity index (χ0n) is 25.2. The van der Waals surface area contributed by atoms with Crippen molar-refractivity contribution < 1.29 is 32.3 Å². The Hall–Kier alpha value is -3.39. The van der Waals surface area contributed by atoms with Gasteiger partial charge in [-0.15, -0.1) is 0 Å². The van der Waals surface area contributed by atoms with E-state index in [0.717, 1.165) is 23.3 Å². The molecule has 0 aromatic heterocycles.